The Kier molecular flexibility index (Phi) is 8.30. The molecule has 4 atom stereocenters. The molecule has 1 saturated carbocycles. The van der Waals surface area contributed by atoms with E-state index in [-0.39, 0.29) is 11.8 Å². The van der Waals surface area contributed by atoms with E-state index >= 15 is 0 Å². The molecule has 0 spiro atoms. The van der Waals surface area contributed by atoms with Gasteiger partial charge in [-0.15, -0.1) is 11.3 Å². The molecular weight excluding hydrogens is 482 g/mol. The molecule has 5 rings (SSSR count). The van der Waals surface area contributed by atoms with Crippen molar-refractivity contribution >= 4 is 28.2 Å². The first-order valence-electron chi connectivity index (χ1n) is 14.2. The minimum Gasteiger partial charge on any atom is -0.508 e. The highest BCUT2D eigenvalue weighted by Crippen LogP contribution is 2.48. The zero-order valence-corrected chi connectivity index (χ0v) is 23.1. The highest BCUT2D eigenvalue weighted by molar-refractivity contribution is 7.15. The van der Waals surface area contributed by atoms with Crippen molar-refractivity contribution in [3.05, 3.63) is 39.9 Å². The first kappa shape index (κ1) is 26.4. The number of likely N-dealkylation sites (tertiary alicyclic amines) is 1. The number of nitrogens with zero attached hydrogens (tertiary/aromatic N) is 2. The summed E-state index contributed by atoms with van der Waals surface area (Å²) in [6, 6.07) is 4.33. The largest absolute Gasteiger partial charge is 0.508 e. The number of thiazole rings is 1. The zero-order chi connectivity index (χ0) is 25.9. The smallest absolute Gasteiger partial charge is 0.226 e. The fourth-order valence-corrected chi connectivity index (χ4v) is 7.72. The van der Waals surface area contributed by atoms with Crippen LogP contribution in [0.1, 0.15) is 92.2 Å². The van der Waals surface area contributed by atoms with Crippen LogP contribution in [0.15, 0.2) is 18.3 Å². The van der Waals surface area contributed by atoms with E-state index in [2.05, 4.69) is 28.2 Å². The number of benzene rings is 1. The highest BCUT2D eigenvalue weighted by atomic mass is 32.1. The summed E-state index contributed by atoms with van der Waals surface area (Å²) >= 11 is 1.49. The van der Waals surface area contributed by atoms with Gasteiger partial charge in [0.1, 0.15) is 11.5 Å². The van der Waals surface area contributed by atoms with Crippen molar-refractivity contribution in [2.24, 2.45) is 17.8 Å². The Bertz CT molecular complexity index is 1120. The molecule has 3 aliphatic rings. The molecular formula is C30H41N3O3S. The zero-order valence-electron chi connectivity index (χ0n) is 22.3. The Hall–Kier alpha value is -2.25. The Labute approximate surface area is 224 Å². The number of phenols is 1. The number of fused-ring (bicyclic) bond motifs is 3. The third-order valence-corrected chi connectivity index (χ3v) is 9.91. The molecule has 37 heavy (non-hydrogen) atoms. The number of carbonyl (C=O) groups excluding carboxylic acids is 2. The summed E-state index contributed by atoms with van der Waals surface area (Å²) in [5.74, 6) is 2.26. The van der Waals surface area contributed by atoms with Crippen LogP contribution in [0.3, 0.4) is 0 Å². The van der Waals surface area contributed by atoms with Gasteiger partial charge in [-0.1, -0.05) is 13.0 Å². The predicted molar refractivity (Wildman–Crippen MR) is 148 cm³/mol. The number of carbonyl (C=O) groups is 2. The van der Waals surface area contributed by atoms with Crippen LogP contribution in [-0.4, -0.2) is 39.8 Å². The van der Waals surface area contributed by atoms with Gasteiger partial charge in [0.2, 0.25) is 5.91 Å². The number of aromatic nitrogens is 1. The van der Waals surface area contributed by atoms with Gasteiger partial charge in [0.25, 0.3) is 0 Å². The number of ketones is 1. The number of nitrogens with one attached hydrogen (secondary N) is 1. The van der Waals surface area contributed by atoms with Crippen LogP contribution in [0.25, 0.3) is 0 Å². The number of aromatic hydroxyl groups is 1. The SMILES string of the molecule is Cc1cnc(NC(=O)CC[C@@H]2CC(=O)CCCC3c4cc(CN5CCCC5)c(O)cc4CCC3C2C)s1. The minimum absolute atomic E-state index is 0.0126. The molecule has 2 aromatic rings. The van der Waals surface area contributed by atoms with Crippen LogP contribution in [-0.2, 0) is 22.6 Å². The lowest BCUT2D eigenvalue weighted by atomic mass is 9.65. The molecule has 1 amide bonds. The van der Waals surface area contributed by atoms with E-state index in [9.17, 15) is 14.7 Å². The Morgan fingerprint density at radius 1 is 1.19 bits per heavy atom. The van der Waals surface area contributed by atoms with Crippen molar-refractivity contribution in [3.8, 4) is 5.75 Å². The van der Waals surface area contributed by atoms with E-state index in [0.717, 1.165) is 62.2 Å². The van der Waals surface area contributed by atoms with Crippen LogP contribution < -0.4 is 5.32 Å². The summed E-state index contributed by atoms with van der Waals surface area (Å²) in [6.45, 7) is 7.34. The number of amides is 1. The average molecular weight is 524 g/mol. The average Bonchev–Trinajstić information content (AvgIpc) is 3.53. The number of phenolic OH excluding ortho intramolecular Hbond substituents is 1. The molecule has 1 saturated heterocycles. The second-order valence-electron chi connectivity index (χ2n) is 11.6. The van der Waals surface area contributed by atoms with Gasteiger partial charge in [-0.25, -0.2) is 4.98 Å². The molecule has 2 heterocycles. The summed E-state index contributed by atoms with van der Waals surface area (Å²) in [5, 5.41) is 14.4. The van der Waals surface area contributed by atoms with Crippen LogP contribution in [0, 0.1) is 24.7 Å². The number of aryl methyl sites for hydroxylation is 2. The third kappa shape index (κ3) is 6.26. The van der Waals surface area contributed by atoms with Gasteiger partial charge in [0.05, 0.1) is 0 Å². The van der Waals surface area contributed by atoms with Crippen LogP contribution in [0.5, 0.6) is 5.75 Å². The van der Waals surface area contributed by atoms with E-state index in [0.29, 0.717) is 53.7 Å². The van der Waals surface area contributed by atoms with Gasteiger partial charge in [0.15, 0.2) is 5.13 Å². The third-order valence-electron chi connectivity index (χ3n) is 9.09. The number of rotatable bonds is 6. The fourth-order valence-electron chi connectivity index (χ4n) is 7.04. The van der Waals surface area contributed by atoms with E-state index in [1.807, 2.05) is 13.0 Å². The monoisotopic (exact) mass is 523 g/mol. The summed E-state index contributed by atoms with van der Waals surface area (Å²) in [7, 11) is 0. The molecule has 2 aliphatic carbocycles. The van der Waals surface area contributed by atoms with E-state index in [1.165, 1.54) is 35.3 Å². The highest BCUT2D eigenvalue weighted by Gasteiger charge is 2.38. The van der Waals surface area contributed by atoms with Gasteiger partial charge in [-0.05, 0) is 106 Å². The molecule has 2 N–H and O–H groups in total. The van der Waals surface area contributed by atoms with Crippen molar-refractivity contribution in [2.45, 2.75) is 90.5 Å². The molecule has 7 heteroatoms. The van der Waals surface area contributed by atoms with Crippen molar-refractivity contribution in [1.82, 2.24) is 9.88 Å². The first-order valence-corrected chi connectivity index (χ1v) is 15.0. The Morgan fingerprint density at radius 3 is 2.76 bits per heavy atom. The topological polar surface area (TPSA) is 82.5 Å². The normalized spacial score (nSPS) is 26.6. The first-order chi connectivity index (χ1) is 17.9. The lowest BCUT2D eigenvalue weighted by molar-refractivity contribution is -0.121. The minimum atomic E-state index is -0.0126. The number of Topliss-reactive ketones (excluding diaryl/α,β-unsaturated/α-hetero) is 1. The lowest BCUT2D eigenvalue weighted by Gasteiger charge is -2.40. The standard InChI is InChI=1S/C30H41N3O3S/c1-19-17-31-30(37-19)32-29(36)11-9-21-14-24(34)6-5-7-26-25(20(21)2)10-8-22-16-28(35)23(15-27(22)26)18-33-12-3-4-13-33/h15-17,20-21,25-26,35H,3-14,18H2,1-2H3,(H,31,32,36)/t20?,21-,25?,26?/m1/s1. The van der Waals surface area contributed by atoms with Crippen LogP contribution >= 0.6 is 11.3 Å². The summed E-state index contributed by atoms with van der Waals surface area (Å²) in [6.07, 6.45) is 10.6. The summed E-state index contributed by atoms with van der Waals surface area (Å²) in [4.78, 5) is 33.3. The van der Waals surface area contributed by atoms with Crippen LogP contribution in [0.4, 0.5) is 5.13 Å². The Balaban J connectivity index is 1.33. The van der Waals surface area contributed by atoms with E-state index < -0.39 is 0 Å². The van der Waals surface area contributed by atoms with Crippen LogP contribution in [0.2, 0.25) is 0 Å². The molecule has 0 radical (unpaired) electrons. The fraction of sp³-hybridized carbons (Fsp3) is 0.633. The van der Waals surface area contributed by atoms with Crippen molar-refractivity contribution in [3.63, 3.8) is 0 Å². The summed E-state index contributed by atoms with van der Waals surface area (Å²) < 4.78 is 0. The van der Waals surface area contributed by atoms with Gasteiger partial charge >= 0.3 is 0 Å². The quantitative estimate of drug-likeness (QED) is 0.470. The lowest BCUT2D eigenvalue weighted by Crippen LogP contribution is -2.31. The molecule has 200 valence electrons. The van der Waals surface area contributed by atoms with E-state index in [4.69, 9.17) is 0 Å². The maximum absolute atomic E-state index is 12.9. The maximum Gasteiger partial charge on any atom is 0.226 e. The van der Waals surface area contributed by atoms with Crippen molar-refractivity contribution < 1.29 is 14.7 Å². The number of hydrogen-bond acceptors (Lipinski definition) is 6. The second-order valence-corrected chi connectivity index (χ2v) is 12.8. The molecule has 3 unspecified atom stereocenters. The van der Waals surface area contributed by atoms with Gasteiger partial charge in [0, 0.05) is 42.4 Å². The molecule has 1 aromatic heterocycles. The molecule has 1 aromatic carbocycles. The van der Waals surface area contributed by atoms with Crippen molar-refractivity contribution in [2.75, 3.05) is 18.4 Å². The predicted octanol–water partition coefficient (Wildman–Crippen LogP) is 6.21. The Morgan fingerprint density at radius 2 is 2.00 bits per heavy atom. The number of hydrogen-bond donors (Lipinski definition) is 2. The molecule has 0 bridgehead atoms. The number of anilines is 1. The molecule has 6 nitrogen and oxygen atoms in total. The van der Waals surface area contributed by atoms with Crippen molar-refractivity contribution in [1.29, 1.82) is 0 Å². The van der Waals surface area contributed by atoms with Gasteiger partial charge in [-0.3, -0.25) is 14.5 Å². The second kappa shape index (κ2) is 11.6. The molecule has 1 aliphatic heterocycles. The van der Waals surface area contributed by atoms with E-state index in [1.54, 1.807) is 6.20 Å². The van der Waals surface area contributed by atoms with Gasteiger partial charge in [-0.2, -0.15) is 0 Å². The maximum atomic E-state index is 12.9. The van der Waals surface area contributed by atoms with Gasteiger partial charge < -0.3 is 10.4 Å². The molecule has 2 fully saturated rings. The summed E-state index contributed by atoms with van der Waals surface area (Å²) in [5.41, 5.74) is 3.74.